The molecule has 84 valence electrons. The van der Waals surface area contributed by atoms with Gasteiger partial charge in [-0.2, -0.15) is 10.1 Å². The highest BCUT2D eigenvalue weighted by Gasteiger charge is 2.09. The molecule has 0 bridgehead atoms. The van der Waals surface area contributed by atoms with Crippen molar-refractivity contribution in [1.29, 1.82) is 0 Å². The van der Waals surface area contributed by atoms with Crippen molar-refractivity contribution < 1.29 is 4.74 Å². The van der Waals surface area contributed by atoms with E-state index in [0.717, 1.165) is 5.69 Å². The van der Waals surface area contributed by atoms with Crippen molar-refractivity contribution in [2.45, 2.75) is 6.92 Å². The fraction of sp³-hybridized carbons (Fsp3) is 0.222. The maximum Gasteiger partial charge on any atom is 0.253 e. The molecule has 2 heterocycles. The van der Waals surface area contributed by atoms with Gasteiger partial charge in [-0.1, -0.05) is 11.6 Å². The van der Waals surface area contributed by atoms with E-state index in [1.54, 1.807) is 12.4 Å². The first-order chi connectivity index (χ1) is 7.61. The van der Waals surface area contributed by atoms with Crippen LogP contribution in [0.4, 0.5) is 0 Å². The van der Waals surface area contributed by atoms with Crippen molar-refractivity contribution in [3.63, 3.8) is 0 Å². The average molecular weight is 304 g/mol. The number of rotatable bonds is 2. The molecule has 7 heteroatoms. The van der Waals surface area contributed by atoms with Gasteiger partial charge in [0.2, 0.25) is 5.88 Å². The maximum absolute atomic E-state index is 5.90. The summed E-state index contributed by atoms with van der Waals surface area (Å²) in [6, 6.07) is 0. The molecule has 0 aliphatic carbocycles. The molecular formula is C9H8BrClN4O. The zero-order chi connectivity index (χ0) is 11.7. The third kappa shape index (κ3) is 2.03. The van der Waals surface area contributed by atoms with Crippen molar-refractivity contribution in [1.82, 2.24) is 19.7 Å². The lowest BCUT2D eigenvalue weighted by atomic mass is 10.5. The van der Waals surface area contributed by atoms with Crippen LogP contribution in [0.2, 0.25) is 5.02 Å². The van der Waals surface area contributed by atoms with Crippen LogP contribution in [0.5, 0.6) is 5.88 Å². The highest BCUT2D eigenvalue weighted by molar-refractivity contribution is 9.10. The number of aromatic nitrogens is 4. The van der Waals surface area contributed by atoms with Crippen LogP contribution in [-0.2, 0) is 0 Å². The normalized spacial score (nSPS) is 10.5. The van der Waals surface area contributed by atoms with Crippen LogP contribution in [0.1, 0.15) is 5.69 Å². The van der Waals surface area contributed by atoms with E-state index in [4.69, 9.17) is 16.3 Å². The van der Waals surface area contributed by atoms with Gasteiger partial charge in [0.1, 0.15) is 0 Å². The fourth-order valence-electron chi connectivity index (χ4n) is 1.14. The molecule has 2 rings (SSSR count). The Morgan fingerprint density at radius 3 is 2.81 bits per heavy atom. The molecule has 0 unspecified atom stereocenters. The molecule has 0 aliphatic heterocycles. The maximum atomic E-state index is 5.90. The van der Waals surface area contributed by atoms with Gasteiger partial charge in [-0.25, -0.2) is 9.67 Å². The Hall–Kier alpha value is -1.14. The lowest BCUT2D eigenvalue weighted by molar-refractivity contribution is 0.392. The van der Waals surface area contributed by atoms with Crippen LogP contribution in [0, 0.1) is 6.92 Å². The van der Waals surface area contributed by atoms with E-state index < -0.39 is 0 Å². The van der Waals surface area contributed by atoms with E-state index in [1.807, 2.05) is 6.92 Å². The van der Waals surface area contributed by atoms with Gasteiger partial charge >= 0.3 is 0 Å². The lowest BCUT2D eigenvalue weighted by Gasteiger charge is -2.03. The summed E-state index contributed by atoms with van der Waals surface area (Å²) in [6.45, 7) is 1.81. The number of hydrogen-bond acceptors (Lipinski definition) is 4. The molecule has 5 nitrogen and oxygen atoms in total. The van der Waals surface area contributed by atoms with Crippen molar-refractivity contribution in [3.05, 3.63) is 27.6 Å². The second-order valence-electron chi connectivity index (χ2n) is 3.03. The Balaban J connectivity index is 2.48. The zero-order valence-electron chi connectivity index (χ0n) is 8.61. The summed E-state index contributed by atoms with van der Waals surface area (Å²) in [5, 5.41) is 4.75. The minimum atomic E-state index is 0.412. The van der Waals surface area contributed by atoms with E-state index in [-0.39, 0.29) is 0 Å². The highest BCUT2D eigenvalue weighted by atomic mass is 79.9. The van der Waals surface area contributed by atoms with E-state index in [1.165, 1.54) is 11.8 Å². The first-order valence-electron chi connectivity index (χ1n) is 4.40. The second-order valence-corrected chi connectivity index (χ2v) is 4.30. The van der Waals surface area contributed by atoms with Crippen molar-refractivity contribution >= 4 is 27.5 Å². The van der Waals surface area contributed by atoms with Gasteiger partial charge in [0.15, 0.2) is 0 Å². The molecule has 0 N–H and O–H groups in total. The molecule has 0 aliphatic rings. The first kappa shape index (κ1) is 11.3. The number of hydrogen-bond donors (Lipinski definition) is 0. The van der Waals surface area contributed by atoms with Gasteiger partial charge in [0.25, 0.3) is 5.95 Å². The van der Waals surface area contributed by atoms with E-state index in [0.29, 0.717) is 21.3 Å². The molecule has 16 heavy (non-hydrogen) atoms. The van der Waals surface area contributed by atoms with Gasteiger partial charge in [-0.3, -0.25) is 0 Å². The van der Waals surface area contributed by atoms with Gasteiger partial charge in [-0.15, -0.1) is 0 Å². The molecule has 0 saturated carbocycles. The molecule has 2 aromatic heterocycles. The van der Waals surface area contributed by atoms with Gasteiger partial charge in [-0.05, 0) is 22.9 Å². The Kier molecular flexibility index (Phi) is 3.11. The minimum absolute atomic E-state index is 0.412. The first-order valence-corrected chi connectivity index (χ1v) is 5.57. The average Bonchev–Trinajstić information content (AvgIpc) is 2.60. The topological polar surface area (TPSA) is 52.8 Å². The number of nitrogens with zero attached hydrogens (tertiary/aromatic N) is 4. The summed E-state index contributed by atoms with van der Waals surface area (Å²) in [7, 11) is 1.54. The van der Waals surface area contributed by atoms with Crippen molar-refractivity contribution in [2.75, 3.05) is 7.11 Å². The Bertz CT molecular complexity index is 509. The van der Waals surface area contributed by atoms with E-state index in [2.05, 4.69) is 31.0 Å². The number of methoxy groups -OCH3 is 1. The van der Waals surface area contributed by atoms with Crippen LogP contribution in [0.15, 0.2) is 16.9 Å². The quantitative estimate of drug-likeness (QED) is 0.855. The Labute approximate surface area is 106 Å². The van der Waals surface area contributed by atoms with Gasteiger partial charge in [0.05, 0.1) is 34.7 Å². The molecule has 0 saturated heterocycles. The van der Waals surface area contributed by atoms with E-state index in [9.17, 15) is 0 Å². The molecule has 0 spiro atoms. The molecule has 0 radical (unpaired) electrons. The summed E-state index contributed by atoms with van der Waals surface area (Å²) in [6.07, 6.45) is 3.26. The molecule has 0 atom stereocenters. The molecular weight excluding hydrogens is 295 g/mol. The predicted molar refractivity (Wildman–Crippen MR) is 63.2 cm³/mol. The van der Waals surface area contributed by atoms with Crippen LogP contribution >= 0.6 is 27.5 Å². The van der Waals surface area contributed by atoms with Crippen molar-refractivity contribution in [2.24, 2.45) is 0 Å². The third-order valence-electron chi connectivity index (χ3n) is 1.94. The SMILES string of the molecule is COc1nc(-n2cc(Cl)c(C)n2)ncc1Br. The molecule has 2 aromatic rings. The predicted octanol–water partition coefficient (Wildman–Crippen LogP) is 2.40. The minimum Gasteiger partial charge on any atom is -0.480 e. The zero-order valence-corrected chi connectivity index (χ0v) is 10.9. The summed E-state index contributed by atoms with van der Waals surface area (Å²) < 4.78 is 7.27. The van der Waals surface area contributed by atoms with Crippen LogP contribution in [-0.4, -0.2) is 26.9 Å². The molecule has 0 fully saturated rings. The smallest absolute Gasteiger partial charge is 0.253 e. The third-order valence-corrected chi connectivity index (χ3v) is 2.85. The summed E-state index contributed by atoms with van der Waals surface area (Å²) in [5.41, 5.74) is 0.729. The Morgan fingerprint density at radius 1 is 1.50 bits per heavy atom. The highest BCUT2D eigenvalue weighted by Crippen LogP contribution is 2.22. The number of ether oxygens (including phenoxy) is 1. The van der Waals surface area contributed by atoms with Crippen molar-refractivity contribution in [3.8, 4) is 11.8 Å². The number of halogens is 2. The monoisotopic (exact) mass is 302 g/mol. The van der Waals surface area contributed by atoms with Crippen LogP contribution < -0.4 is 4.74 Å². The van der Waals surface area contributed by atoms with E-state index >= 15 is 0 Å². The van der Waals surface area contributed by atoms with Gasteiger partial charge < -0.3 is 4.74 Å². The summed E-state index contributed by atoms with van der Waals surface area (Å²) in [4.78, 5) is 8.29. The summed E-state index contributed by atoms with van der Waals surface area (Å²) in [5.74, 6) is 0.865. The van der Waals surface area contributed by atoms with Crippen LogP contribution in [0.3, 0.4) is 0 Å². The molecule has 0 amide bonds. The lowest BCUT2D eigenvalue weighted by Crippen LogP contribution is -2.03. The second kappa shape index (κ2) is 4.39. The van der Waals surface area contributed by atoms with Crippen LogP contribution in [0.25, 0.3) is 5.95 Å². The fourth-order valence-corrected chi connectivity index (χ4v) is 1.62. The standard InChI is InChI=1S/C9H8BrClN4O/c1-5-7(11)4-15(14-5)9-12-3-6(10)8(13-9)16-2/h3-4H,1-2H3. The largest absolute Gasteiger partial charge is 0.480 e. The summed E-state index contributed by atoms with van der Waals surface area (Å²) >= 11 is 9.18. The number of aryl methyl sites for hydroxylation is 1. The Morgan fingerprint density at radius 2 is 2.25 bits per heavy atom. The molecule has 0 aromatic carbocycles. The van der Waals surface area contributed by atoms with Gasteiger partial charge in [0, 0.05) is 0 Å².